The van der Waals surface area contributed by atoms with Gasteiger partial charge in [0.05, 0.1) is 4.90 Å². The lowest BCUT2D eigenvalue weighted by atomic mass is 9.79. The number of carbonyl (C=O) groups is 2. The topological polar surface area (TPSA) is 90.0 Å². The van der Waals surface area contributed by atoms with Crippen molar-refractivity contribution < 1.29 is 18.0 Å². The number of nitrogens with one attached hydrogen (secondary N) is 1. The van der Waals surface area contributed by atoms with E-state index >= 15 is 0 Å². The molecule has 9 heteroatoms. The van der Waals surface area contributed by atoms with E-state index in [1.54, 1.807) is 23.1 Å². The van der Waals surface area contributed by atoms with Gasteiger partial charge in [-0.15, -0.1) is 0 Å². The van der Waals surface area contributed by atoms with Crippen molar-refractivity contribution in [3.05, 3.63) is 29.8 Å². The van der Waals surface area contributed by atoms with E-state index in [-0.39, 0.29) is 35.3 Å². The number of piperidine rings is 1. The first-order chi connectivity index (χ1) is 16.3. The van der Waals surface area contributed by atoms with Gasteiger partial charge in [0.25, 0.3) is 5.91 Å². The molecule has 1 aromatic rings. The van der Waals surface area contributed by atoms with Gasteiger partial charge in [-0.1, -0.05) is 31.7 Å². The van der Waals surface area contributed by atoms with Gasteiger partial charge in [0, 0.05) is 50.7 Å². The van der Waals surface area contributed by atoms with Crippen LogP contribution >= 0.6 is 0 Å². The second kappa shape index (κ2) is 10.7. The van der Waals surface area contributed by atoms with Crippen molar-refractivity contribution in [2.24, 2.45) is 0 Å². The van der Waals surface area contributed by atoms with Gasteiger partial charge < -0.3 is 10.2 Å². The lowest BCUT2D eigenvalue weighted by Crippen LogP contribution is -2.58. The van der Waals surface area contributed by atoms with Crippen molar-refractivity contribution in [2.45, 2.75) is 68.7 Å². The first-order valence-electron chi connectivity index (χ1n) is 12.7. The largest absolute Gasteiger partial charge is 0.350 e. The van der Waals surface area contributed by atoms with Crippen molar-refractivity contribution in [1.82, 2.24) is 19.4 Å². The summed E-state index contributed by atoms with van der Waals surface area (Å²) in [5, 5.41) is 3.15. The van der Waals surface area contributed by atoms with Gasteiger partial charge in [-0.2, -0.15) is 4.31 Å². The van der Waals surface area contributed by atoms with Crippen LogP contribution < -0.4 is 5.32 Å². The minimum absolute atomic E-state index is 0.0222. The van der Waals surface area contributed by atoms with Crippen molar-refractivity contribution in [3.8, 4) is 0 Å². The van der Waals surface area contributed by atoms with Crippen LogP contribution in [0.2, 0.25) is 0 Å². The Hall–Kier alpha value is -1.97. The highest BCUT2D eigenvalue weighted by Gasteiger charge is 2.38. The van der Waals surface area contributed by atoms with Gasteiger partial charge in [-0.05, 0) is 57.0 Å². The average Bonchev–Trinajstić information content (AvgIpc) is 2.88. The van der Waals surface area contributed by atoms with E-state index in [9.17, 15) is 18.0 Å². The molecule has 0 spiro atoms. The zero-order chi connectivity index (χ0) is 24.2. The number of likely N-dealkylation sites (tertiary alicyclic amines) is 1. The minimum atomic E-state index is -3.72. The van der Waals surface area contributed by atoms with E-state index in [1.807, 2.05) is 0 Å². The van der Waals surface area contributed by atoms with E-state index < -0.39 is 10.0 Å². The molecule has 2 saturated heterocycles. The maximum atomic E-state index is 13.2. The molecular weight excluding hydrogens is 452 g/mol. The minimum Gasteiger partial charge on any atom is -0.350 e. The third-order valence-corrected chi connectivity index (χ3v) is 9.70. The number of amides is 2. The number of piperazine rings is 1. The molecule has 2 aliphatic heterocycles. The molecule has 188 valence electrons. The molecule has 34 heavy (non-hydrogen) atoms. The van der Waals surface area contributed by atoms with Crippen LogP contribution in [0.1, 0.15) is 68.6 Å². The Balaban J connectivity index is 1.43. The second-order valence-corrected chi connectivity index (χ2v) is 11.9. The highest BCUT2D eigenvalue weighted by Crippen LogP contribution is 2.35. The predicted molar refractivity (Wildman–Crippen MR) is 131 cm³/mol. The SMILES string of the molecule is CC(=O)N1CCN(S(=O)(=O)c2cccc(C(=O)NCC3(N4CCCCC4)CCCCC3)c2)CC1. The Morgan fingerprint density at radius 3 is 2.21 bits per heavy atom. The first-order valence-corrected chi connectivity index (χ1v) is 14.1. The van der Waals surface area contributed by atoms with Crippen LogP contribution in [0.5, 0.6) is 0 Å². The van der Waals surface area contributed by atoms with Crippen LogP contribution in [-0.4, -0.2) is 85.7 Å². The molecule has 1 N–H and O–H groups in total. The molecule has 0 unspecified atom stereocenters. The van der Waals surface area contributed by atoms with Gasteiger partial charge in [-0.3, -0.25) is 14.5 Å². The molecule has 3 fully saturated rings. The Morgan fingerprint density at radius 2 is 1.56 bits per heavy atom. The van der Waals surface area contributed by atoms with Crippen LogP contribution in [-0.2, 0) is 14.8 Å². The summed E-state index contributed by atoms with van der Waals surface area (Å²) in [5.74, 6) is -0.267. The molecule has 1 saturated carbocycles. The standard InChI is InChI=1S/C25H38N4O4S/c1-21(30)27-15-17-29(18-16-27)34(32,33)23-10-8-9-22(19-23)24(31)26-20-25(11-4-2-5-12-25)28-13-6-3-7-14-28/h8-10,19H,2-7,11-18,20H2,1H3,(H,26,31). The Morgan fingerprint density at radius 1 is 0.912 bits per heavy atom. The van der Waals surface area contributed by atoms with Gasteiger partial charge in [-0.25, -0.2) is 8.42 Å². The van der Waals surface area contributed by atoms with Crippen LogP contribution in [0, 0.1) is 0 Å². The maximum Gasteiger partial charge on any atom is 0.251 e. The molecule has 8 nitrogen and oxygen atoms in total. The number of carbonyl (C=O) groups excluding carboxylic acids is 2. The number of hydrogen-bond acceptors (Lipinski definition) is 5. The average molecular weight is 491 g/mol. The lowest BCUT2D eigenvalue weighted by molar-refractivity contribution is -0.129. The highest BCUT2D eigenvalue weighted by molar-refractivity contribution is 7.89. The molecule has 0 aromatic heterocycles. The molecule has 3 aliphatic rings. The van der Waals surface area contributed by atoms with E-state index in [2.05, 4.69) is 10.2 Å². The molecule has 1 aromatic carbocycles. The molecule has 4 rings (SSSR count). The molecule has 2 amide bonds. The fourth-order valence-corrected chi connectivity index (χ4v) is 7.19. The number of hydrogen-bond donors (Lipinski definition) is 1. The summed E-state index contributed by atoms with van der Waals surface area (Å²) in [6.07, 6.45) is 9.57. The van der Waals surface area contributed by atoms with Crippen LogP contribution in [0.3, 0.4) is 0 Å². The summed E-state index contributed by atoms with van der Waals surface area (Å²) >= 11 is 0. The van der Waals surface area contributed by atoms with E-state index in [4.69, 9.17) is 0 Å². The van der Waals surface area contributed by atoms with E-state index in [1.165, 1.54) is 55.8 Å². The number of benzene rings is 1. The third-order valence-electron chi connectivity index (χ3n) is 7.81. The van der Waals surface area contributed by atoms with Crippen molar-refractivity contribution >= 4 is 21.8 Å². The summed E-state index contributed by atoms with van der Waals surface area (Å²) in [6, 6.07) is 6.33. The molecule has 2 heterocycles. The fraction of sp³-hybridized carbons (Fsp3) is 0.680. The van der Waals surface area contributed by atoms with Crippen LogP contribution in [0.25, 0.3) is 0 Å². The molecule has 0 radical (unpaired) electrons. The maximum absolute atomic E-state index is 13.2. The highest BCUT2D eigenvalue weighted by atomic mass is 32.2. The van der Waals surface area contributed by atoms with Gasteiger partial charge in [0.1, 0.15) is 0 Å². The summed E-state index contributed by atoms with van der Waals surface area (Å²) in [4.78, 5) is 29.0. The van der Waals surface area contributed by atoms with E-state index in [0.29, 0.717) is 25.2 Å². The summed E-state index contributed by atoms with van der Waals surface area (Å²) < 4.78 is 27.8. The monoisotopic (exact) mass is 490 g/mol. The molecule has 0 bridgehead atoms. The van der Waals surface area contributed by atoms with E-state index in [0.717, 1.165) is 25.9 Å². The van der Waals surface area contributed by atoms with Crippen LogP contribution in [0.4, 0.5) is 0 Å². The van der Waals surface area contributed by atoms with Gasteiger partial charge in [0.15, 0.2) is 0 Å². The molecular formula is C25H38N4O4S. The molecule has 1 aliphatic carbocycles. The smallest absolute Gasteiger partial charge is 0.251 e. The van der Waals surface area contributed by atoms with Crippen molar-refractivity contribution in [2.75, 3.05) is 45.8 Å². The summed E-state index contributed by atoms with van der Waals surface area (Å²) in [5.41, 5.74) is 0.391. The quantitative estimate of drug-likeness (QED) is 0.662. The fourth-order valence-electron chi connectivity index (χ4n) is 5.72. The normalized spacial score (nSPS) is 22.3. The van der Waals surface area contributed by atoms with Gasteiger partial charge in [0.2, 0.25) is 15.9 Å². The summed E-state index contributed by atoms with van der Waals surface area (Å²) in [7, 11) is -3.72. The number of rotatable bonds is 6. The number of sulfonamides is 1. The first kappa shape index (κ1) is 25.1. The van der Waals surface area contributed by atoms with Crippen molar-refractivity contribution in [3.63, 3.8) is 0 Å². The lowest BCUT2D eigenvalue weighted by Gasteiger charge is -2.48. The predicted octanol–water partition coefficient (Wildman–Crippen LogP) is 2.46. The Labute approximate surface area is 203 Å². The zero-order valence-electron chi connectivity index (χ0n) is 20.3. The zero-order valence-corrected chi connectivity index (χ0v) is 21.1. The Bertz CT molecular complexity index is 976. The van der Waals surface area contributed by atoms with Gasteiger partial charge >= 0.3 is 0 Å². The van der Waals surface area contributed by atoms with Crippen molar-refractivity contribution in [1.29, 1.82) is 0 Å². The Kier molecular flexibility index (Phi) is 7.94. The second-order valence-electron chi connectivity index (χ2n) is 9.95. The molecule has 0 atom stereocenters. The number of nitrogens with zero attached hydrogens (tertiary/aromatic N) is 3. The summed E-state index contributed by atoms with van der Waals surface area (Å²) in [6.45, 7) is 5.58. The third kappa shape index (κ3) is 5.47. The van der Waals surface area contributed by atoms with Crippen LogP contribution in [0.15, 0.2) is 29.2 Å².